The number of hydrogen-bond acceptors (Lipinski definition) is 2. The van der Waals surface area contributed by atoms with E-state index in [2.05, 4.69) is 32.9 Å². The quantitative estimate of drug-likeness (QED) is 0.888. The van der Waals surface area contributed by atoms with Crippen LogP contribution in [0.1, 0.15) is 45.2 Å². The normalized spacial score (nSPS) is 22.5. The average molecular weight is 262 g/mol. The number of carboxylic acid groups (broad SMARTS) is 1. The first-order valence-electron chi connectivity index (χ1n) is 6.74. The molecular weight excluding hydrogens is 240 g/mol. The molecule has 3 heteroatoms. The third-order valence-corrected chi connectivity index (χ3v) is 3.53. The highest BCUT2D eigenvalue weighted by atomic mass is 16.5. The van der Waals surface area contributed by atoms with Gasteiger partial charge in [0, 0.05) is 6.42 Å². The van der Waals surface area contributed by atoms with E-state index >= 15 is 0 Å². The number of benzene rings is 1. The van der Waals surface area contributed by atoms with Crippen molar-refractivity contribution in [3.8, 4) is 5.75 Å². The van der Waals surface area contributed by atoms with Crippen LogP contribution in [0.5, 0.6) is 5.75 Å². The van der Waals surface area contributed by atoms with Crippen LogP contribution in [-0.2, 0) is 17.6 Å². The minimum absolute atomic E-state index is 0.207. The predicted octanol–water partition coefficient (Wildman–Crippen LogP) is 3.44. The summed E-state index contributed by atoms with van der Waals surface area (Å²) in [6.07, 6.45) is 2.23. The molecule has 0 bridgehead atoms. The first-order valence-corrected chi connectivity index (χ1v) is 6.74. The molecule has 104 valence electrons. The minimum atomic E-state index is -1.09. The molecule has 1 N–H and O–H groups in total. The van der Waals surface area contributed by atoms with E-state index in [0.29, 0.717) is 6.42 Å². The maximum atomic E-state index is 11.3. The average Bonchev–Trinajstić information content (AvgIpc) is 2.26. The van der Waals surface area contributed by atoms with Gasteiger partial charge in [0.05, 0.1) is 0 Å². The van der Waals surface area contributed by atoms with Crippen LogP contribution >= 0.6 is 0 Å². The first-order chi connectivity index (χ1) is 8.70. The lowest BCUT2D eigenvalue weighted by atomic mass is 9.86. The molecule has 3 nitrogen and oxygen atoms in total. The van der Waals surface area contributed by atoms with Crippen molar-refractivity contribution in [3.05, 3.63) is 29.3 Å². The van der Waals surface area contributed by atoms with Gasteiger partial charge in [-0.1, -0.05) is 32.9 Å². The molecule has 1 aliphatic rings. The molecule has 1 atom stereocenters. The van der Waals surface area contributed by atoms with Crippen molar-refractivity contribution in [1.29, 1.82) is 0 Å². The van der Waals surface area contributed by atoms with Gasteiger partial charge in [0.1, 0.15) is 5.75 Å². The lowest BCUT2D eigenvalue weighted by molar-refractivity contribution is -0.155. The molecule has 0 saturated heterocycles. The molecule has 1 unspecified atom stereocenters. The van der Waals surface area contributed by atoms with E-state index < -0.39 is 11.6 Å². The highest BCUT2D eigenvalue weighted by Crippen LogP contribution is 2.35. The number of aryl methyl sites for hydroxylation is 1. The van der Waals surface area contributed by atoms with Crippen LogP contribution in [0.2, 0.25) is 0 Å². The van der Waals surface area contributed by atoms with Crippen molar-refractivity contribution in [2.24, 2.45) is 5.41 Å². The lowest BCUT2D eigenvalue weighted by Crippen LogP contribution is -2.44. The number of carbonyl (C=O) groups is 1. The van der Waals surface area contributed by atoms with Crippen molar-refractivity contribution in [1.82, 2.24) is 0 Å². The van der Waals surface area contributed by atoms with Crippen molar-refractivity contribution < 1.29 is 14.6 Å². The smallest absolute Gasteiger partial charge is 0.347 e. The van der Waals surface area contributed by atoms with Gasteiger partial charge in [0.25, 0.3) is 0 Å². The molecule has 0 saturated carbocycles. The van der Waals surface area contributed by atoms with E-state index in [1.165, 1.54) is 5.56 Å². The van der Waals surface area contributed by atoms with Crippen molar-refractivity contribution in [3.63, 3.8) is 0 Å². The Hall–Kier alpha value is -1.51. The maximum absolute atomic E-state index is 11.3. The van der Waals surface area contributed by atoms with Crippen LogP contribution in [0.25, 0.3) is 0 Å². The fourth-order valence-electron chi connectivity index (χ4n) is 2.44. The fraction of sp³-hybridized carbons (Fsp3) is 0.562. The van der Waals surface area contributed by atoms with Crippen LogP contribution in [0.4, 0.5) is 0 Å². The summed E-state index contributed by atoms with van der Waals surface area (Å²) in [7, 11) is 0. The Balaban J connectivity index is 2.28. The van der Waals surface area contributed by atoms with E-state index in [1.807, 2.05) is 6.07 Å². The molecule has 1 heterocycles. The summed E-state index contributed by atoms with van der Waals surface area (Å²) in [6, 6.07) is 6.19. The second kappa shape index (κ2) is 4.55. The minimum Gasteiger partial charge on any atom is -0.478 e. The largest absolute Gasteiger partial charge is 0.478 e. The molecule has 0 radical (unpaired) electrons. The van der Waals surface area contributed by atoms with Crippen molar-refractivity contribution in [2.75, 3.05) is 0 Å². The zero-order valence-electron chi connectivity index (χ0n) is 12.1. The summed E-state index contributed by atoms with van der Waals surface area (Å²) in [5.41, 5.74) is 1.42. The molecule has 0 amide bonds. The van der Waals surface area contributed by atoms with Gasteiger partial charge in [-0.2, -0.15) is 0 Å². The molecular formula is C16H22O3. The van der Waals surface area contributed by atoms with E-state index in [0.717, 1.165) is 24.2 Å². The zero-order valence-corrected chi connectivity index (χ0v) is 12.1. The van der Waals surface area contributed by atoms with Gasteiger partial charge in [0.15, 0.2) is 0 Å². The fourth-order valence-corrected chi connectivity index (χ4v) is 2.44. The third kappa shape index (κ3) is 3.09. The van der Waals surface area contributed by atoms with Crippen LogP contribution < -0.4 is 4.74 Å². The number of ether oxygens (including phenoxy) is 1. The van der Waals surface area contributed by atoms with Crippen LogP contribution in [0.15, 0.2) is 18.2 Å². The highest BCUT2D eigenvalue weighted by molar-refractivity contribution is 5.78. The number of carboxylic acids is 1. The molecule has 2 rings (SSSR count). The molecule has 1 aromatic rings. The van der Waals surface area contributed by atoms with E-state index in [-0.39, 0.29) is 5.41 Å². The molecule has 0 aromatic heterocycles. The highest BCUT2D eigenvalue weighted by Gasteiger charge is 2.39. The summed E-state index contributed by atoms with van der Waals surface area (Å²) >= 11 is 0. The maximum Gasteiger partial charge on any atom is 0.347 e. The summed E-state index contributed by atoms with van der Waals surface area (Å²) in [5.74, 6) is -0.155. The number of hydrogen-bond donors (Lipinski definition) is 1. The Morgan fingerprint density at radius 3 is 2.68 bits per heavy atom. The Kier molecular flexibility index (Phi) is 3.33. The van der Waals surface area contributed by atoms with Crippen LogP contribution in [0, 0.1) is 5.41 Å². The predicted molar refractivity (Wildman–Crippen MR) is 74.6 cm³/mol. The van der Waals surface area contributed by atoms with E-state index in [9.17, 15) is 9.90 Å². The first kappa shape index (κ1) is 13.9. The zero-order chi connectivity index (χ0) is 14.3. The standard InChI is InChI=1S/C16H22O3/c1-15(2,3)10-11-5-6-12-7-8-16(4,14(17)18)19-13(12)9-11/h5-6,9H,7-8,10H2,1-4H3,(H,17,18). The van der Waals surface area contributed by atoms with Gasteiger partial charge in [-0.15, -0.1) is 0 Å². The van der Waals surface area contributed by atoms with Crippen molar-refractivity contribution >= 4 is 5.97 Å². The summed E-state index contributed by atoms with van der Waals surface area (Å²) < 4.78 is 5.74. The second-order valence-corrected chi connectivity index (χ2v) is 6.82. The Morgan fingerprint density at radius 1 is 1.42 bits per heavy atom. The summed E-state index contributed by atoms with van der Waals surface area (Å²) in [4.78, 5) is 11.3. The molecule has 1 aliphatic heterocycles. The number of aliphatic carboxylic acids is 1. The van der Waals surface area contributed by atoms with Crippen LogP contribution in [0.3, 0.4) is 0 Å². The number of fused-ring (bicyclic) bond motifs is 1. The van der Waals surface area contributed by atoms with Gasteiger partial charge in [0.2, 0.25) is 5.60 Å². The molecule has 1 aromatic carbocycles. The molecule has 0 aliphatic carbocycles. The summed E-state index contributed by atoms with van der Waals surface area (Å²) in [5, 5.41) is 9.25. The van der Waals surface area contributed by atoms with Gasteiger partial charge < -0.3 is 9.84 Å². The van der Waals surface area contributed by atoms with Crippen LogP contribution in [-0.4, -0.2) is 16.7 Å². The SMILES string of the molecule is CC(C)(C)Cc1ccc2c(c1)OC(C)(C(=O)O)CC2. The lowest BCUT2D eigenvalue weighted by Gasteiger charge is -2.32. The monoisotopic (exact) mass is 262 g/mol. The van der Waals surface area contributed by atoms with Gasteiger partial charge in [-0.05, 0) is 42.4 Å². The molecule has 0 fully saturated rings. The summed E-state index contributed by atoms with van der Waals surface area (Å²) in [6.45, 7) is 8.21. The topological polar surface area (TPSA) is 46.5 Å². The Labute approximate surface area is 114 Å². The number of rotatable bonds is 2. The van der Waals surface area contributed by atoms with E-state index in [1.54, 1.807) is 6.92 Å². The Bertz CT molecular complexity index is 499. The van der Waals surface area contributed by atoms with E-state index in [4.69, 9.17) is 4.74 Å². The second-order valence-electron chi connectivity index (χ2n) is 6.82. The van der Waals surface area contributed by atoms with Gasteiger partial charge >= 0.3 is 5.97 Å². The molecule has 19 heavy (non-hydrogen) atoms. The Morgan fingerprint density at radius 2 is 2.11 bits per heavy atom. The molecule has 0 spiro atoms. The van der Waals surface area contributed by atoms with Crippen molar-refractivity contribution in [2.45, 2.75) is 52.6 Å². The van der Waals surface area contributed by atoms with Gasteiger partial charge in [-0.25, -0.2) is 4.79 Å². The van der Waals surface area contributed by atoms with Gasteiger partial charge in [-0.3, -0.25) is 0 Å². The third-order valence-electron chi connectivity index (χ3n) is 3.53.